The van der Waals surface area contributed by atoms with Crippen molar-refractivity contribution in [3.8, 4) is 0 Å². The molecule has 0 aromatic heterocycles. The maximum Gasteiger partial charge on any atom is 0.317 e. The number of carbonyl (C=O) groups is 2. The van der Waals surface area contributed by atoms with E-state index in [1.807, 2.05) is 27.0 Å². The van der Waals surface area contributed by atoms with Crippen molar-refractivity contribution in [2.24, 2.45) is 11.8 Å². The summed E-state index contributed by atoms with van der Waals surface area (Å²) >= 11 is 1.70. The third-order valence-corrected chi connectivity index (χ3v) is 4.02. The molecular weight excluding hydrogens is 276 g/mol. The minimum absolute atomic E-state index is 0.179. The van der Waals surface area contributed by atoms with E-state index in [0.717, 1.165) is 12.2 Å². The Balaban J connectivity index is 4.39. The van der Waals surface area contributed by atoms with Gasteiger partial charge in [-0.05, 0) is 25.0 Å². The first-order valence-electron chi connectivity index (χ1n) is 7.05. The predicted octanol–water partition coefficient (Wildman–Crippen LogP) is 2.52. The Hall–Kier alpha value is -0.910. The number of carboxylic acids is 1. The molecule has 0 spiro atoms. The van der Waals surface area contributed by atoms with Gasteiger partial charge in [0.15, 0.2) is 0 Å². The Labute approximate surface area is 126 Å². The summed E-state index contributed by atoms with van der Waals surface area (Å²) in [5, 5.41) is 11.9. The molecular formula is C14H28N2O3S. The number of nitrogens with one attached hydrogen (secondary N) is 1. The molecule has 118 valence electrons. The third-order valence-electron chi connectivity index (χ3n) is 3.30. The molecule has 0 aromatic rings. The predicted molar refractivity (Wildman–Crippen MR) is 84.2 cm³/mol. The molecule has 0 aliphatic rings. The van der Waals surface area contributed by atoms with E-state index in [2.05, 4.69) is 5.32 Å². The molecule has 20 heavy (non-hydrogen) atoms. The van der Waals surface area contributed by atoms with E-state index in [1.165, 1.54) is 0 Å². The molecule has 2 atom stereocenters. The molecule has 0 radical (unpaired) electrons. The van der Waals surface area contributed by atoms with Gasteiger partial charge in [0.2, 0.25) is 0 Å². The van der Waals surface area contributed by atoms with Gasteiger partial charge in [0.25, 0.3) is 0 Å². The van der Waals surface area contributed by atoms with Crippen LogP contribution in [0.4, 0.5) is 4.79 Å². The Morgan fingerprint density at radius 1 is 1.35 bits per heavy atom. The fourth-order valence-electron chi connectivity index (χ4n) is 2.04. The largest absolute Gasteiger partial charge is 0.481 e. The fourth-order valence-corrected chi connectivity index (χ4v) is 2.88. The average molecular weight is 304 g/mol. The zero-order valence-corrected chi connectivity index (χ0v) is 14.0. The van der Waals surface area contributed by atoms with Crippen LogP contribution in [0, 0.1) is 11.8 Å². The van der Waals surface area contributed by atoms with Gasteiger partial charge in [-0.25, -0.2) is 4.79 Å². The van der Waals surface area contributed by atoms with Crippen LogP contribution in [0.2, 0.25) is 0 Å². The molecule has 0 fully saturated rings. The van der Waals surface area contributed by atoms with E-state index in [0.29, 0.717) is 12.3 Å². The van der Waals surface area contributed by atoms with Crippen molar-refractivity contribution in [1.82, 2.24) is 10.2 Å². The minimum Gasteiger partial charge on any atom is -0.481 e. The highest BCUT2D eigenvalue weighted by atomic mass is 32.2. The zero-order chi connectivity index (χ0) is 15.7. The van der Waals surface area contributed by atoms with E-state index in [9.17, 15) is 9.59 Å². The van der Waals surface area contributed by atoms with Gasteiger partial charge in [-0.1, -0.05) is 20.8 Å². The Morgan fingerprint density at radius 2 is 1.95 bits per heavy atom. The topological polar surface area (TPSA) is 69.6 Å². The standard InChI is InChI=1S/C14H28N2O3S/c1-6-12(9-20-5)16(4)14(19)15-8-11(13(17)18)7-10(2)3/h10-12H,6-9H2,1-5H3,(H,15,19)(H,17,18). The van der Waals surface area contributed by atoms with Crippen molar-refractivity contribution in [3.05, 3.63) is 0 Å². The van der Waals surface area contributed by atoms with Crippen LogP contribution in [-0.4, -0.2) is 53.6 Å². The highest BCUT2D eigenvalue weighted by Gasteiger charge is 2.22. The van der Waals surface area contributed by atoms with Crippen LogP contribution in [0.5, 0.6) is 0 Å². The molecule has 2 amide bonds. The van der Waals surface area contributed by atoms with Crippen molar-refractivity contribution >= 4 is 23.8 Å². The summed E-state index contributed by atoms with van der Waals surface area (Å²) in [6.07, 6.45) is 3.47. The average Bonchev–Trinajstić information content (AvgIpc) is 2.38. The lowest BCUT2D eigenvalue weighted by atomic mass is 9.97. The molecule has 0 heterocycles. The number of thioether (sulfide) groups is 1. The SMILES string of the molecule is CCC(CSC)N(C)C(=O)NCC(CC(C)C)C(=O)O. The van der Waals surface area contributed by atoms with Crippen molar-refractivity contribution in [1.29, 1.82) is 0 Å². The summed E-state index contributed by atoms with van der Waals surface area (Å²) in [7, 11) is 1.76. The second-order valence-electron chi connectivity index (χ2n) is 5.48. The quantitative estimate of drug-likeness (QED) is 0.687. The first-order valence-corrected chi connectivity index (χ1v) is 8.45. The summed E-state index contributed by atoms with van der Waals surface area (Å²) < 4.78 is 0. The molecule has 5 nitrogen and oxygen atoms in total. The van der Waals surface area contributed by atoms with Crippen LogP contribution in [0.1, 0.15) is 33.6 Å². The highest BCUT2D eigenvalue weighted by molar-refractivity contribution is 7.98. The van der Waals surface area contributed by atoms with E-state index in [1.54, 1.807) is 23.7 Å². The van der Waals surface area contributed by atoms with E-state index in [-0.39, 0.29) is 18.6 Å². The maximum absolute atomic E-state index is 12.0. The van der Waals surface area contributed by atoms with Gasteiger partial charge >= 0.3 is 12.0 Å². The smallest absolute Gasteiger partial charge is 0.317 e. The summed E-state index contributed by atoms with van der Waals surface area (Å²) in [5.74, 6) is -0.189. The lowest BCUT2D eigenvalue weighted by Gasteiger charge is -2.27. The van der Waals surface area contributed by atoms with Crippen molar-refractivity contribution in [2.45, 2.75) is 39.7 Å². The first kappa shape index (κ1) is 19.1. The molecule has 0 saturated heterocycles. The van der Waals surface area contributed by atoms with Gasteiger partial charge in [-0.3, -0.25) is 4.79 Å². The zero-order valence-electron chi connectivity index (χ0n) is 13.2. The van der Waals surface area contributed by atoms with Crippen molar-refractivity contribution in [2.75, 3.05) is 25.6 Å². The minimum atomic E-state index is -0.849. The van der Waals surface area contributed by atoms with Crippen LogP contribution in [0.3, 0.4) is 0 Å². The van der Waals surface area contributed by atoms with Gasteiger partial charge < -0.3 is 15.3 Å². The van der Waals surface area contributed by atoms with Gasteiger partial charge in [-0.15, -0.1) is 0 Å². The lowest BCUT2D eigenvalue weighted by molar-refractivity contribution is -0.142. The normalized spacial score (nSPS) is 13.9. The van der Waals surface area contributed by atoms with Crippen LogP contribution < -0.4 is 5.32 Å². The number of nitrogens with zero attached hydrogens (tertiary/aromatic N) is 1. The number of urea groups is 1. The molecule has 6 heteroatoms. The summed E-state index contributed by atoms with van der Waals surface area (Å²) in [5.41, 5.74) is 0. The Morgan fingerprint density at radius 3 is 2.35 bits per heavy atom. The van der Waals surface area contributed by atoms with E-state index >= 15 is 0 Å². The second-order valence-corrected chi connectivity index (χ2v) is 6.39. The van der Waals surface area contributed by atoms with Crippen LogP contribution in [0.15, 0.2) is 0 Å². The maximum atomic E-state index is 12.0. The first-order chi connectivity index (χ1) is 9.33. The molecule has 0 aromatic carbocycles. The Bertz CT molecular complexity index is 311. The van der Waals surface area contributed by atoms with Crippen molar-refractivity contribution < 1.29 is 14.7 Å². The summed E-state index contributed by atoms with van der Waals surface area (Å²) in [4.78, 5) is 24.9. The lowest BCUT2D eigenvalue weighted by Crippen LogP contribution is -2.46. The third kappa shape index (κ3) is 7.03. The van der Waals surface area contributed by atoms with Crippen LogP contribution in [0.25, 0.3) is 0 Å². The number of hydrogen-bond donors (Lipinski definition) is 2. The molecule has 0 bridgehead atoms. The van der Waals surface area contributed by atoms with Gasteiger partial charge in [0.1, 0.15) is 0 Å². The van der Waals surface area contributed by atoms with E-state index in [4.69, 9.17) is 5.11 Å². The molecule has 0 saturated carbocycles. The molecule has 2 N–H and O–H groups in total. The molecule has 0 aliphatic carbocycles. The second kappa shape index (κ2) is 9.91. The monoisotopic (exact) mass is 304 g/mol. The number of amides is 2. The summed E-state index contributed by atoms with van der Waals surface area (Å²) in [6.45, 7) is 6.20. The number of aliphatic carboxylic acids is 1. The fraction of sp³-hybridized carbons (Fsp3) is 0.857. The highest BCUT2D eigenvalue weighted by Crippen LogP contribution is 2.12. The Kier molecular flexibility index (Phi) is 9.46. The van der Waals surface area contributed by atoms with E-state index < -0.39 is 11.9 Å². The van der Waals surface area contributed by atoms with Gasteiger partial charge in [0, 0.05) is 25.4 Å². The number of carbonyl (C=O) groups excluding carboxylic acids is 1. The van der Waals surface area contributed by atoms with Gasteiger partial charge in [0.05, 0.1) is 5.92 Å². The van der Waals surface area contributed by atoms with Crippen LogP contribution in [-0.2, 0) is 4.79 Å². The summed E-state index contributed by atoms with van der Waals surface area (Å²) in [6, 6.07) is -0.0146. The van der Waals surface area contributed by atoms with Crippen molar-refractivity contribution in [3.63, 3.8) is 0 Å². The number of carboxylic acid groups (broad SMARTS) is 1. The number of rotatable bonds is 9. The molecule has 2 unspecified atom stereocenters. The number of hydrogen-bond acceptors (Lipinski definition) is 3. The van der Waals surface area contributed by atoms with Gasteiger partial charge in [-0.2, -0.15) is 11.8 Å². The molecule has 0 rings (SSSR count). The molecule has 0 aliphatic heterocycles. The van der Waals surface area contributed by atoms with Crippen LogP contribution >= 0.6 is 11.8 Å².